The molecular formula is C30H39N5O3. The summed E-state index contributed by atoms with van der Waals surface area (Å²) < 4.78 is 5.34. The number of para-hydroxylation sites is 1. The van der Waals surface area contributed by atoms with Gasteiger partial charge >= 0.3 is 6.03 Å². The first-order valence-corrected chi connectivity index (χ1v) is 13.5. The summed E-state index contributed by atoms with van der Waals surface area (Å²) >= 11 is 0. The molecule has 0 aliphatic carbocycles. The number of nitrogens with one attached hydrogen (secondary N) is 2. The lowest BCUT2D eigenvalue weighted by Crippen LogP contribution is -2.60. The van der Waals surface area contributed by atoms with Crippen LogP contribution < -0.4 is 15.5 Å². The first-order valence-electron chi connectivity index (χ1n) is 13.5. The van der Waals surface area contributed by atoms with Crippen LogP contribution in [0.5, 0.6) is 0 Å². The largest absolute Gasteiger partial charge is 0.378 e. The fourth-order valence-electron chi connectivity index (χ4n) is 5.16. The zero-order chi connectivity index (χ0) is 27.2. The Hall–Kier alpha value is -3.57. The Morgan fingerprint density at radius 3 is 2.26 bits per heavy atom. The Labute approximate surface area is 225 Å². The molecule has 1 unspecified atom stereocenters. The highest BCUT2D eigenvalue weighted by molar-refractivity contribution is 5.88. The SMILES string of the molecule is CC(C)(C)CC(NC(=O)N1CCOCC1)C(=O)NC1(C#N)CCN(c2ccccc2-c2ccccc2)CC1. The summed E-state index contributed by atoms with van der Waals surface area (Å²) in [5, 5.41) is 16.2. The van der Waals surface area contributed by atoms with Crippen molar-refractivity contribution in [2.45, 2.75) is 51.6 Å². The number of piperidine rings is 1. The van der Waals surface area contributed by atoms with Crippen LogP contribution in [0.25, 0.3) is 11.1 Å². The molecule has 2 aliphatic rings. The first-order chi connectivity index (χ1) is 18.2. The zero-order valence-corrected chi connectivity index (χ0v) is 22.7. The van der Waals surface area contributed by atoms with Gasteiger partial charge in [-0.2, -0.15) is 5.26 Å². The Balaban J connectivity index is 1.45. The molecule has 2 heterocycles. The molecule has 202 valence electrons. The molecule has 38 heavy (non-hydrogen) atoms. The van der Waals surface area contributed by atoms with E-state index in [9.17, 15) is 14.9 Å². The molecule has 2 saturated heterocycles. The van der Waals surface area contributed by atoms with Gasteiger partial charge in [-0.25, -0.2) is 4.79 Å². The van der Waals surface area contributed by atoms with Crippen LogP contribution in [0.15, 0.2) is 54.6 Å². The van der Waals surface area contributed by atoms with Crippen molar-refractivity contribution in [2.24, 2.45) is 5.41 Å². The Morgan fingerprint density at radius 2 is 1.63 bits per heavy atom. The van der Waals surface area contributed by atoms with E-state index in [1.807, 2.05) is 51.1 Å². The number of morpholine rings is 1. The molecule has 2 fully saturated rings. The van der Waals surface area contributed by atoms with Crippen molar-refractivity contribution in [1.82, 2.24) is 15.5 Å². The van der Waals surface area contributed by atoms with Gasteiger partial charge in [0.1, 0.15) is 11.6 Å². The number of ether oxygens (including phenoxy) is 1. The molecule has 2 aromatic carbocycles. The van der Waals surface area contributed by atoms with E-state index in [2.05, 4.69) is 45.9 Å². The molecule has 0 saturated carbocycles. The topological polar surface area (TPSA) is 97.7 Å². The van der Waals surface area contributed by atoms with Crippen LogP contribution in [0.1, 0.15) is 40.0 Å². The van der Waals surface area contributed by atoms with Gasteiger partial charge in [0.05, 0.1) is 19.3 Å². The molecule has 4 rings (SSSR count). The van der Waals surface area contributed by atoms with Crippen LogP contribution in [0.4, 0.5) is 10.5 Å². The smallest absolute Gasteiger partial charge is 0.318 e. The average molecular weight is 518 g/mol. The Morgan fingerprint density at radius 1 is 1.00 bits per heavy atom. The van der Waals surface area contributed by atoms with Gasteiger partial charge in [-0.05, 0) is 23.5 Å². The summed E-state index contributed by atoms with van der Waals surface area (Å²) in [4.78, 5) is 30.4. The average Bonchev–Trinajstić information content (AvgIpc) is 2.93. The summed E-state index contributed by atoms with van der Waals surface area (Å²) in [6.45, 7) is 9.38. The Kier molecular flexibility index (Phi) is 8.58. The molecule has 0 aromatic heterocycles. The van der Waals surface area contributed by atoms with Gasteiger partial charge < -0.3 is 25.2 Å². The highest BCUT2D eigenvalue weighted by Gasteiger charge is 2.39. The molecule has 0 bridgehead atoms. The number of carbonyl (C=O) groups excluding carboxylic acids is 2. The third-order valence-electron chi connectivity index (χ3n) is 7.25. The van der Waals surface area contributed by atoms with Gasteiger partial charge in [-0.3, -0.25) is 4.79 Å². The predicted molar refractivity (Wildman–Crippen MR) is 149 cm³/mol. The number of rotatable bonds is 6. The molecule has 8 nitrogen and oxygen atoms in total. The van der Waals surface area contributed by atoms with Crippen LogP contribution in [0, 0.1) is 16.7 Å². The third kappa shape index (κ3) is 6.84. The third-order valence-corrected chi connectivity index (χ3v) is 7.25. The zero-order valence-electron chi connectivity index (χ0n) is 22.7. The normalized spacial score (nSPS) is 18.3. The van der Waals surface area contributed by atoms with E-state index < -0.39 is 11.6 Å². The second-order valence-corrected chi connectivity index (χ2v) is 11.4. The number of nitriles is 1. The van der Waals surface area contributed by atoms with Crippen LogP contribution >= 0.6 is 0 Å². The molecular weight excluding hydrogens is 478 g/mol. The van der Waals surface area contributed by atoms with Gasteiger partial charge in [0.15, 0.2) is 0 Å². The van der Waals surface area contributed by atoms with E-state index in [0.717, 1.165) is 16.8 Å². The molecule has 0 radical (unpaired) electrons. The van der Waals surface area contributed by atoms with Crippen LogP contribution in [-0.4, -0.2) is 67.8 Å². The minimum absolute atomic E-state index is 0.190. The number of hydrogen-bond donors (Lipinski definition) is 2. The van der Waals surface area contributed by atoms with E-state index in [-0.39, 0.29) is 17.4 Å². The lowest BCUT2D eigenvalue weighted by molar-refractivity contribution is -0.125. The van der Waals surface area contributed by atoms with Crippen molar-refractivity contribution >= 4 is 17.6 Å². The molecule has 2 N–H and O–H groups in total. The number of anilines is 1. The fourth-order valence-corrected chi connectivity index (χ4v) is 5.16. The molecule has 1 atom stereocenters. The highest BCUT2D eigenvalue weighted by Crippen LogP contribution is 2.34. The van der Waals surface area contributed by atoms with Crippen LogP contribution in [-0.2, 0) is 9.53 Å². The van der Waals surface area contributed by atoms with Crippen LogP contribution in [0.2, 0.25) is 0 Å². The van der Waals surface area contributed by atoms with Crippen molar-refractivity contribution in [3.63, 3.8) is 0 Å². The molecule has 8 heteroatoms. The van der Waals surface area contributed by atoms with E-state index >= 15 is 0 Å². The summed E-state index contributed by atoms with van der Waals surface area (Å²) in [6.07, 6.45) is 1.46. The molecule has 2 aliphatic heterocycles. The standard InChI is InChI=1S/C30H39N5O3/c1-29(2,3)21-25(32-28(37)35-17-19-38-20-18-35)27(36)33-30(22-31)13-15-34(16-14-30)26-12-8-7-11-24(26)23-9-5-4-6-10-23/h4-12,25H,13-21H2,1-3H3,(H,32,37)(H,33,36). The number of carbonyl (C=O) groups is 2. The van der Waals surface area contributed by atoms with E-state index in [1.165, 1.54) is 0 Å². The maximum atomic E-state index is 13.5. The van der Waals surface area contributed by atoms with Crippen molar-refractivity contribution in [3.05, 3.63) is 54.6 Å². The quantitative estimate of drug-likeness (QED) is 0.599. The minimum Gasteiger partial charge on any atom is -0.378 e. The van der Waals surface area contributed by atoms with Gasteiger partial charge in [0.25, 0.3) is 0 Å². The lowest BCUT2D eigenvalue weighted by Gasteiger charge is -2.40. The second-order valence-electron chi connectivity index (χ2n) is 11.4. The van der Waals surface area contributed by atoms with Gasteiger partial charge in [0.2, 0.25) is 5.91 Å². The maximum absolute atomic E-state index is 13.5. The predicted octanol–water partition coefficient (Wildman–Crippen LogP) is 4.18. The lowest BCUT2D eigenvalue weighted by atomic mass is 9.85. The van der Waals surface area contributed by atoms with Crippen LogP contribution in [0.3, 0.4) is 0 Å². The Bertz CT molecular complexity index is 1140. The van der Waals surface area contributed by atoms with Gasteiger partial charge in [-0.15, -0.1) is 0 Å². The molecule has 3 amide bonds. The second kappa shape index (κ2) is 11.9. The van der Waals surface area contributed by atoms with Gasteiger partial charge in [-0.1, -0.05) is 69.3 Å². The van der Waals surface area contributed by atoms with Gasteiger partial charge in [0, 0.05) is 50.3 Å². The summed E-state index contributed by atoms with van der Waals surface area (Å²) in [7, 11) is 0. The van der Waals surface area contributed by atoms with E-state index in [4.69, 9.17) is 4.74 Å². The van der Waals surface area contributed by atoms with E-state index in [0.29, 0.717) is 58.7 Å². The number of urea groups is 1. The van der Waals surface area contributed by atoms with Crippen molar-refractivity contribution in [3.8, 4) is 17.2 Å². The van der Waals surface area contributed by atoms with Crippen molar-refractivity contribution in [1.29, 1.82) is 5.26 Å². The maximum Gasteiger partial charge on any atom is 0.318 e. The van der Waals surface area contributed by atoms with Crippen molar-refractivity contribution in [2.75, 3.05) is 44.3 Å². The monoisotopic (exact) mass is 517 g/mol. The highest BCUT2D eigenvalue weighted by atomic mass is 16.5. The van der Waals surface area contributed by atoms with Crippen molar-refractivity contribution < 1.29 is 14.3 Å². The fraction of sp³-hybridized carbons (Fsp3) is 0.500. The van der Waals surface area contributed by atoms with E-state index in [1.54, 1.807) is 4.90 Å². The molecule has 0 spiro atoms. The summed E-state index contributed by atoms with van der Waals surface area (Å²) in [5.74, 6) is -0.304. The summed E-state index contributed by atoms with van der Waals surface area (Å²) in [6, 6.07) is 20.0. The summed E-state index contributed by atoms with van der Waals surface area (Å²) in [5.41, 5.74) is 2.26. The number of hydrogen-bond acceptors (Lipinski definition) is 5. The minimum atomic E-state index is -0.977. The number of nitrogens with zero attached hydrogens (tertiary/aromatic N) is 3. The molecule has 2 aromatic rings. The number of benzene rings is 2. The first kappa shape index (κ1) is 27.5. The number of amides is 3.